The lowest BCUT2D eigenvalue weighted by atomic mass is 10.5. The lowest BCUT2D eigenvalue weighted by molar-refractivity contribution is 0.0475. The van der Waals surface area contributed by atoms with Crippen molar-refractivity contribution in [2.75, 3.05) is 12.4 Å². The normalized spacial score (nSPS) is 9.93. The predicted octanol–water partition coefficient (Wildman–Crippen LogP) is 1.91. The highest BCUT2D eigenvalue weighted by Crippen LogP contribution is 2.17. The van der Waals surface area contributed by atoms with Crippen LogP contribution in [0.5, 0.6) is 0 Å². The molecular formula is C9H12N2O3S. The molecular weight excluding hydrogens is 216 g/mol. The van der Waals surface area contributed by atoms with Crippen LogP contribution in [-0.2, 0) is 4.74 Å². The van der Waals surface area contributed by atoms with Gasteiger partial charge >= 0.3 is 11.9 Å². The maximum atomic E-state index is 11.1. The molecule has 5 nitrogen and oxygen atoms in total. The quantitative estimate of drug-likeness (QED) is 0.321. The molecule has 0 bridgehead atoms. The number of nitrogens with zero attached hydrogens (tertiary/aromatic N) is 2. The van der Waals surface area contributed by atoms with Gasteiger partial charge < -0.3 is 9.15 Å². The Bertz CT molecular complexity index is 338. The number of hydrogen-bond acceptors (Lipinski definition) is 6. The molecule has 15 heavy (non-hydrogen) atoms. The summed E-state index contributed by atoms with van der Waals surface area (Å²) in [6.07, 6.45) is 2.65. The zero-order chi connectivity index (χ0) is 11.1. The van der Waals surface area contributed by atoms with Crippen molar-refractivity contribution >= 4 is 17.7 Å². The second-order valence-electron chi connectivity index (χ2n) is 2.52. The summed E-state index contributed by atoms with van der Waals surface area (Å²) in [6, 6.07) is 0. The lowest BCUT2D eigenvalue weighted by Crippen LogP contribution is -2.04. The average molecular weight is 228 g/mol. The van der Waals surface area contributed by atoms with Gasteiger partial charge in [0.2, 0.25) is 0 Å². The maximum absolute atomic E-state index is 11.1. The third-order valence-electron chi connectivity index (χ3n) is 1.40. The standard InChI is InChI=1S/C9H12N2O3S/c1-3-5-6-15-9-11-10-7(14-9)8(12)13-4-2/h3H,1,4-6H2,2H3. The molecule has 0 amide bonds. The maximum Gasteiger partial charge on any atom is 0.396 e. The predicted molar refractivity (Wildman–Crippen MR) is 55.8 cm³/mol. The fourth-order valence-electron chi connectivity index (χ4n) is 0.773. The summed E-state index contributed by atoms with van der Waals surface area (Å²) in [7, 11) is 0. The van der Waals surface area contributed by atoms with E-state index in [1.807, 2.05) is 0 Å². The smallest absolute Gasteiger partial charge is 0.396 e. The van der Waals surface area contributed by atoms with E-state index in [1.165, 1.54) is 11.8 Å². The average Bonchev–Trinajstić information content (AvgIpc) is 2.67. The molecule has 0 spiro atoms. The van der Waals surface area contributed by atoms with Crippen LogP contribution in [0.25, 0.3) is 0 Å². The molecule has 0 unspecified atom stereocenters. The van der Waals surface area contributed by atoms with E-state index in [0.717, 1.165) is 12.2 Å². The molecule has 1 rings (SSSR count). The summed E-state index contributed by atoms with van der Waals surface area (Å²) >= 11 is 1.38. The molecule has 6 heteroatoms. The molecule has 0 atom stereocenters. The van der Waals surface area contributed by atoms with Crippen LogP contribution in [0.1, 0.15) is 24.0 Å². The summed E-state index contributed by atoms with van der Waals surface area (Å²) in [5.74, 6) is 0.118. The summed E-state index contributed by atoms with van der Waals surface area (Å²) < 4.78 is 9.78. The Balaban J connectivity index is 2.48. The lowest BCUT2D eigenvalue weighted by Gasteiger charge is -1.94. The van der Waals surface area contributed by atoms with Gasteiger partial charge in [-0.2, -0.15) is 0 Å². The Morgan fingerprint density at radius 3 is 3.13 bits per heavy atom. The fourth-order valence-corrected chi connectivity index (χ4v) is 1.47. The van der Waals surface area contributed by atoms with Crippen molar-refractivity contribution in [3.8, 4) is 0 Å². The van der Waals surface area contributed by atoms with Crippen LogP contribution < -0.4 is 0 Å². The Hall–Kier alpha value is -1.30. The van der Waals surface area contributed by atoms with E-state index in [9.17, 15) is 4.79 Å². The molecule has 0 aromatic carbocycles. The minimum Gasteiger partial charge on any atom is -0.459 e. The monoisotopic (exact) mass is 228 g/mol. The zero-order valence-electron chi connectivity index (χ0n) is 8.43. The van der Waals surface area contributed by atoms with Gasteiger partial charge in [0, 0.05) is 5.75 Å². The van der Waals surface area contributed by atoms with Crippen molar-refractivity contribution in [3.63, 3.8) is 0 Å². The van der Waals surface area contributed by atoms with Crippen molar-refractivity contribution in [2.24, 2.45) is 0 Å². The van der Waals surface area contributed by atoms with Crippen LogP contribution in [0, 0.1) is 0 Å². The van der Waals surface area contributed by atoms with Gasteiger partial charge in [-0.1, -0.05) is 22.9 Å². The first-order chi connectivity index (χ1) is 7.27. The van der Waals surface area contributed by atoms with Crippen LogP contribution in [0.15, 0.2) is 22.3 Å². The molecule has 0 aliphatic carbocycles. The van der Waals surface area contributed by atoms with Crippen molar-refractivity contribution < 1.29 is 13.9 Å². The zero-order valence-corrected chi connectivity index (χ0v) is 9.25. The number of hydrogen-bond donors (Lipinski definition) is 0. The SMILES string of the molecule is C=CCCSc1nnc(C(=O)OCC)o1. The van der Waals surface area contributed by atoms with Crippen molar-refractivity contribution in [1.29, 1.82) is 0 Å². The van der Waals surface area contributed by atoms with E-state index >= 15 is 0 Å². The molecule has 0 saturated heterocycles. The van der Waals surface area contributed by atoms with Crippen LogP contribution >= 0.6 is 11.8 Å². The van der Waals surface area contributed by atoms with E-state index in [4.69, 9.17) is 9.15 Å². The number of esters is 1. The number of aromatic nitrogens is 2. The van der Waals surface area contributed by atoms with Gasteiger partial charge in [-0.3, -0.25) is 0 Å². The van der Waals surface area contributed by atoms with Gasteiger partial charge in [-0.15, -0.1) is 11.7 Å². The first-order valence-corrected chi connectivity index (χ1v) is 5.50. The molecule has 82 valence electrons. The Morgan fingerprint density at radius 2 is 2.47 bits per heavy atom. The number of thioether (sulfide) groups is 1. The molecule has 1 aromatic heterocycles. The first kappa shape index (κ1) is 11.8. The topological polar surface area (TPSA) is 65.2 Å². The van der Waals surface area contributed by atoms with E-state index in [2.05, 4.69) is 16.8 Å². The van der Waals surface area contributed by atoms with Crippen LogP contribution in [0.2, 0.25) is 0 Å². The number of ether oxygens (including phenoxy) is 1. The van der Waals surface area contributed by atoms with Crippen molar-refractivity contribution in [3.05, 3.63) is 18.5 Å². The Morgan fingerprint density at radius 1 is 1.67 bits per heavy atom. The molecule has 1 heterocycles. The highest BCUT2D eigenvalue weighted by molar-refractivity contribution is 7.99. The van der Waals surface area contributed by atoms with Crippen LogP contribution in [-0.4, -0.2) is 28.5 Å². The second kappa shape index (κ2) is 6.23. The number of carbonyl (C=O) groups is 1. The van der Waals surface area contributed by atoms with E-state index < -0.39 is 5.97 Å². The largest absolute Gasteiger partial charge is 0.459 e. The molecule has 0 saturated carbocycles. The van der Waals surface area contributed by atoms with E-state index in [1.54, 1.807) is 13.0 Å². The summed E-state index contributed by atoms with van der Waals surface area (Å²) in [5, 5.41) is 7.65. The van der Waals surface area contributed by atoms with Crippen molar-refractivity contribution in [1.82, 2.24) is 10.2 Å². The van der Waals surface area contributed by atoms with Crippen LogP contribution in [0.3, 0.4) is 0 Å². The number of rotatable bonds is 6. The van der Waals surface area contributed by atoms with Gasteiger partial charge in [0.1, 0.15) is 0 Å². The van der Waals surface area contributed by atoms with Gasteiger partial charge in [-0.25, -0.2) is 4.79 Å². The summed E-state index contributed by atoms with van der Waals surface area (Å²) in [5.41, 5.74) is 0. The van der Waals surface area contributed by atoms with Gasteiger partial charge in [-0.05, 0) is 13.3 Å². The summed E-state index contributed by atoms with van der Waals surface area (Å²) in [6.45, 7) is 5.60. The van der Waals surface area contributed by atoms with Gasteiger partial charge in [0.05, 0.1) is 6.61 Å². The van der Waals surface area contributed by atoms with Crippen LogP contribution in [0.4, 0.5) is 0 Å². The third kappa shape index (κ3) is 3.75. The van der Waals surface area contributed by atoms with E-state index in [0.29, 0.717) is 11.8 Å². The first-order valence-electron chi connectivity index (χ1n) is 4.52. The Labute approximate surface area is 91.9 Å². The molecule has 0 fully saturated rings. The fraction of sp³-hybridized carbons (Fsp3) is 0.444. The molecule has 0 aliphatic heterocycles. The minimum atomic E-state index is -0.583. The molecule has 1 aromatic rings. The molecule has 0 radical (unpaired) electrons. The highest BCUT2D eigenvalue weighted by Gasteiger charge is 2.15. The summed E-state index contributed by atoms with van der Waals surface area (Å²) in [4.78, 5) is 11.1. The Kier molecular flexibility index (Phi) is 4.89. The van der Waals surface area contributed by atoms with Gasteiger partial charge in [0.25, 0.3) is 5.22 Å². The highest BCUT2D eigenvalue weighted by atomic mass is 32.2. The number of allylic oxidation sites excluding steroid dienone is 1. The van der Waals surface area contributed by atoms with Crippen molar-refractivity contribution in [2.45, 2.75) is 18.6 Å². The molecule has 0 N–H and O–H groups in total. The van der Waals surface area contributed by atoms with Gasteiger partial charge in [0.15, 0.2) is 0 Å². The third-order valence-corrected chi connectivity index (χ3v) is 2.26. The van der Waals surface area contributed by atoms with E-state index in [-0.39, 0.29) is 5.89 Å². The molecule has 0 aliphatic rings. The number of carbonyl (C=O) groups excluding carboxylic acids is 1. The minimum absolute atomic E-state index is 0.0991. The second-order valence-corrected chi connectivity index (χ2v) is 3.57.